The van der Waals surface area contributed by atoms with E-state index in [1.54, 1.807) is 0 Å². The van der Waals surface area contributed by atoms with Crippen LogP contribution < -0.4 is 0 Å². The Kier molecular flexibility index (Phi) is 2.95. The Labute approximate surface area is 105 Å². The molecule has 0 fully saturated rings. The van der Waals surface area contributed by atoms with Gasteiger partial charge in [-0.15, -0.1) is 0 Å². The summed E-state index contributed by atoms with van der Waals surface area (Å²) in [5.41, 5.74) is 2.06. The van der Waals surface area contributed by atoms with Gasteiger partial charge in [-0.2, -0.15) is 0 Å². The summed E-state index contributed by atoms with van der Waals surface area (Å²) in [6.45, 7) is 6.40. The maximum atomic E-state index is 10.7. The monoisotopic (exact) mass is 245 g/mol. The molecule has 4 nitrogen and oxygen atoms in total. The van der Waals surface area contributed by atoms with Crippen molar-refractivity contribution in [2.45, 2.75) is 26.2 Å². The Hall–Kier alpha value is -2.10. The molecular weight excluding hydrogens is 230 g/mol. The minimum absolute atomic E-state index is 0.0847. The van der Waals surface area contributed by atoms with Crippen molar-refractivity contribution in [2.75, 3.05) is 0 Å². The quantitative estimate of drug-likeness (QED) is 0.881. The van der Waals surface area contributed by atoms with Gasteiger partial charge < -0.3 is 9.52 Å². The van der Waals surface area contributed by atoms with Gasteiger partial charge >= 0.3 is 5.97 Å². The number of carbonyl (C=O) groups is 1. The van der Waals surface area contributed by atoms with Crippen molar-refractivity contribution in [3.63, 3.8) is 0 Å². The van der Waals surface area contributed by atoms with Crippen LogP contribution in [0.5, 0.6) is 0 Å². The number of nitrogens with zero attached hydrogens (tertiary/aromatic N) is 1. The molecular formula is C14H15NO3. The van der Waals surface area contributed by atoms with Crippen LogP contribution in [0.4, 0.5) is 0 Å². The highest BCUT2D eigenvalue weighted by Crippen LogP contribution is 2.25. The van der Waals surface area contributed by atoms with Crippen LogP contribution in [0.25, 0.3) is 11.5 Å². The number of aromatic carboxylic acids is 1. The molecule has 18 heavy (non-hydrogen) atoms. The molecule has 1 heterocycles. The average molecular weight is 245 g/mol. The average Bonchev–Trinajstić information content (AvgIpc) is 2.77. The van der Waals surface area contributed by atoms with Crippen LogP contribution in [-0.4, -0.2) is 16.1 Å². The molecule has 0 aliphatic heterocycles. The second kappa shape index (κ2) is 4.29. The Morgan fingerprint density at radius 2 is 1.83 bits per heavy atom. The summed E-state index contributed by atoms with van der Waals surface area (Å²) in [7, 11) is 0. The van der Waals surface area contributed by atoms with E-state index in [1.807, 2.05) is 24.3 Å². The lowest BCUT2D eigenvalue weighted by atomic mass is 9.87. The van der Waals surface area contributed by atoms with E-state index >= 15 is 0 Å². The van der Waals surface area contributed by atoms with Gasteiger partial charge in [-0.3, -0.25) is 0 Å². The van der Waals surface area contributed by atoms with Crippen LogP contribution in [0.1, 0.15) is 36.9 Å². The molecule has 0 spiro atoms. The van der Waals surface area contributed by atoms with Crippen molar-refractivity contribution >= 4 is 5.97 Å². The molecule has 0 saturated heterocycles. The molecule has 0 unspecified atom stereocenters. The molecule has 1 aromatic carbocycles. The third-order valence-corrected chi connectivity index (χ3v) is 2.71. The highest BCUT2D eigenvalue weighted by atomic mass is 16.4. The van der Waals surface area contributed by atoms with Crippen molar-refractivity contribution < 1.29 is 14.3 Å². The lowest BCUT2D eigenvalue weighted by Crippen LogP contribution is -2.10. The van der Waals surface area contributed by atoms with Crippen LogP contribution in [-0.2, 0) is 5.41 Å². The maximum Gasteiger partial charge on any atom is 0.373 e. The SMILES string of the molecule is CC(C)(C)c1ccc(-c2ncc(C(=O)O)o2)cc1. The zero-order chi connectivity index (χ0) is 13.3. The molecule has 4 heteroatoms. The third kappa shape index (κ3) is 2.42. The normalized spacial score (nSPS) is 11.5. The molecule has 94 valence electrons. The summed E-state index contributed by atoms with van der Waals surface area (Å²) in [4.78, 5) is 14.6. The van der Waals surface area contributed by atoms with Crippen molar-refractivity contribution in [2.24, 2.45) is 0 Å². The highest BCUT2D eigenvalue weighted by Gasteiger charge is 2.15. The molecule has 0 amide bonds. The van der Waals surface area contributed by atoms with Crippen LogP contribution in [0, 0.1) is 0 Å². The summed E-state index contributed by atoms with van der Waals surface area (Å²) in [6, 6.07) is 7.77. The smallest absolute Gasteiger partial charge is 0.373 e. The van der Waals surface area contributed by atoms with Gasteiger partial charge in [0.2, 0.25) is 11.7 Å². The summed E-state index contributed by atoms with van der Waals surface area (Å²) in [5, 5.41) is 8.76. The van der Waals surface area contributed by atoms with E-state index in [-0.39, 0.29) is 11.2 Å². The number of carboxylic acid groups (broad SMARTS) is 1. The molecule has 2 aromatic rings. The molecule has 2 rings (SSSR count). The number of hydrogen-bond acceptors (Lipinski definition) is 3. The van der Waals surface area contributed by atoms with Crippen molar-refractivity contribution in [3.8, 4) is 11.5 Å². The second-order valence-corrected chi connectivity index (χ2v) is 5.16. The van der Waals surface area contributed by atoms with Crippen molar-refractivity contribution in [1.29, 1.82) is 0 Å². The first-order valence-electron chi connectivity index (χ1n) is 5.68. The van der Waals surface area contributed by atoms with Gasteiger partial charge in [0.25, 0.3) is 0 Å². The first-order valence-corrected chi connectivity index (χ1v) is 5.68. The Morgan fingerprint density at radius 1 is 1.22 bits per heavy atom. The van der Waals surface area contributed by atoms with E-state index in [0.717, 1.165) is 5.56 Å². The fraction of sp³-hybridized carbons (Fsp3) is 0.286. The van der Waals surface area contributed by atoms with Crippen LogP contribution in [0.3, 0.4) is 0 Å². The van der Waals surface area contributed by atoms with Gasteiger partial charge in [0.05, 0.1) is 6.20 Å². The van der Waals surface area contributed by atoms with Crippen molar-refractivity contribution in [3.05, 3.63) is 41.8 Å². The van der Waals surface area contributed by atoms with Gasteiger partial charge in [-0.25, -0.2) is 9.78 Å². The number of benzene rings is 1. The Balaban J connectivity index is 2.31. The van der Waals surface area contributed by atoms with Gasteiger partial charge in [-0.1, -0.05) is 32.9 Å². The molecule has 1 N–H and O–H groups in total. The number of carboxylic acids is 1. The zero-order valence-electron chi connectivity index (χ0n) is 10.6. The standard InChI is InChI=1S/C14H15NO3/c1-14(2,3)10-6-4-9(5-7-10)12-15-8-11(18-12)13(16)17/h4-8H,1-3H3,(H,16,17). The largest absolute Gasteiger partial charge is 0.475 e. The number of oxazole rings is 1. The molecule has 0 radical (unpaired) electrons. The maximum absolute atomic E-state index is 10.7. The van der Waals surface area contributed by atoms with E-state index in [4.69, 9.17) is 9.52 Å². The fourth-order valence-corrected chi connectivity index (χ4v) is 1.62. The van der Waals surface area contributed by atoms with Gasteiger partial charge in [0.15, 0.2) is 0 Å². The Morgan fingerprint density at radius 3 is 2.28 bits per heavy atom. The number of hydrogen-bond donors (Lipinski definition) is 1. The van der Waals surface area contributed by atoms with Crippen LogP contribution in [0.2, 0.25) is 0 Å². The third-order valence-electron chi connectivity index (χ3n) is 2.71. The van der Waals surface area contributed by atoms with Gasteiger partial charge in [0.1, 0.15) is 0 Å². The van der Waals surface area contributed by atoms with E-state index in [2.05, 4.69) is 25.8 Å². The predicted molar refractivity (Wildman–Crippen MR) is 67.6 cm³/mol. The zero-order valence-corrected chi connectivity index (χ0v) is 10.6. The Bertz CT molecular complexity index is 561. The number of rotatable bonds is 2. The molecule has 1 aromatic heterocycles. The van der Waals surface area contributed by atoms with E-state index in [1.165, 1.54) is 11.8 Å². The van der Waals surface area contributed by atoms with E-state index in [0.29, 0.717) is 5.89 Å². The summed E-state index contributed by atoms with van der Waals surface area (Å²) < 4.78 is 5.15. The molecule has 0 aliphatic carbocycles. The predicted octanol–water partition coefficient (Wildman–Crippen LogP) is 3.34. The first kappa shape index (κ1) is 12.4. The molecule has 0 bridgehead atoms. The highest BCUT2D eigenvalue weighted by molar-refractivity contribution is 5.84. The van der Waals surface area contributed by atoms with E-state index in [9.17, 15) is 4.79 Å². The molecule has 0 atom stereocenters. The summed E-state index contributed by atoms with van der Waals surface area (Å²) in [6.07, 6.45) is 1.22. The molecule has 0 aliphatic rings. The minimum Gasteiger partial charge on any atom is -0.475 e. The van der Waals surface area contributed by atoms with Crippen LogP contribution in [0.15, 0.2) is 34.9 Å². The summed E-state index contributed by atoms with van der Waals surface area (Å²) in [5.74, 6) is -0.933. The lowest BCUT2D eigenvalue weighted by Gasteiger charge is -2.18. The lowest BCUT2D eigenvalue weighted by molar-refractivity contribution is 0.0663. The van der Waals surface area contributed by atoms with Gasteiger partial charge in [-0.05, 0) is 23.1 Å². The van der Waals surface area contributed by atoms with Gasteiger partial charge in [0, 0.05) is 5.56 Å². The van der Waals surface area contributed by atoms with Crippen LogP contribution >= 0.6 is 0 Å². The second-order valence-electron chi connectivity index (χ2n) is 5.16. The fourth-order valence-electron chi connectivity index (χ4n) is 1.62. The van der Waals surface area contributed by atoms with Crippen molar-refractivity contribution in [1.82, 2.24) is 4.98 Å². The minimum atomic E-state index is -1.11. The first-order chi connectivity index (χ1) is 8.38. The topological polar surface area (TPSA) is 63.3 Å². The summed E-state index contributed by atoms with van der Waals surface area (Å²) >= 11 is 0. The number of aromatic nitrogens is 1. The van der Waals surface area contributed by atoms with E-state index < -0.39 is 5.97 Å². The molecule has 0 saturated carbocycles.